The molecule has 2 fully saturated rings. The first-order chi connectivity index (χ1) is 13.7. The van der Waals surface area contributed by atoms with Crippen molar-refractivity contribution in [2.24, 2.45) is 16.7 Å². The summed E-state index contributed by atoms with van der Waals surface area (Å²) in [5.74, 6) is -0.113. The Bertz CT molecular complexity index is 956. The highest BCUT2D eigenvalue weighted by molar-refractivity contribution is 6.13. The van der Waals surface area contributed by atoms with E-state index in [1.807, 2.05) is 16.8 Å². The van der Waals surface area contributed by atoms with Crippen LogP contribution in [0.2, 0.25) is 0 Å². The van der Waals surface area contributed by atoms with Crippen LogP contribution < -0.4 is 0 Å². The van der Waals surface area contributed by atoms with Crippen LogP contribution in [0, 0.1) is 26.9 Å². The van der Waals surface area contributed by atoms with Gasteiger partial charge in [-0.2, -0.15) is 0 Å². The average molecular weight is 399 g/mol. The summed E-state index contributed by atoms with van der Waals surface area (Å²) in [4.78, 5) is 27.1. The van der Waals surface area contributed by atoms with Gasteiger partial charge in [-0.15, -0.1) is 0 Å². The van der Waals surface area contributed by atoms with Crippen molar-refractivity contribution in [2.75, 3.05) is 32.8 Å². The van der Waals surface area contributed by atoms with Crippen molar-refractivity contribution in [3.05, 3.63) is 40.1 Å². The summed E-state index contributed by atoms with van der Waals surface area (Å²) in [6, 6.07) is 5.07. The van der Waals surface area contributed by atoms with E-state index in [1.54, 1.807) is 6.07 Å². The van der Waals surface area contributed by atoms with E-state index < -0.39 is 0 Å². The number of carbonyl (C=O) groups excluding carboxylic acids is 1. The minimum atomic E-state index is -0.380. The van der Waals surface area contributed by atoms with Crippen LogP contribution in [0.25, 0.3) is 10.9 Å². The first-order valence-electron chi connectivity index (χ1n) is 10.3. The van der Waals surface area contributed by atoms with E-state index in [0.717, 1.165) is 38.4 Å². The summed E-state index contributed by atoms with van der Waals surface area (Å²) < 4.78 is 7.41. The number of morpholine rings is 1. The van der Waals surface area contributed by atoms with Gasteiger partial charge in [0.25, 0.3) is 5.69 Å². The molecule has 2 heterocycles. The number of Topliss-reactive ketones (excluding diaryl/α,β-unsaturated/α-hetero) is 1. The Labute approximate surface area is 170 Å². The summed E-state index contributed by atoms with van der Waals surface area (Å²) >= 11 is 0. The minimum absolute atomic E-state index is 0.00670. The van der Waals surface area contributed by atoms with Crippen LogP contribution in [0.1, 0.15) is 38.1 Å². The number of hydrogen-bond acceptors (Lipinski definition) is 5. The molecule has 1 saturated heterocycles. The number of carbonyl (C=O) groups is 1. The maximum atomic E-state index is 13.5. The van der Waals surface area contributed by atoms with Gasteiger partial charge in [-0.25, -0.2) is 0 Å². The Morgan fingerprint density at radius 2 is 1.83 bits per heavy atom. The lowest BCUT2D eigenvalue weighted by Crippen LogP contribution is -2.38. The van der Waals surface area contributed by atoms with Crippen LogP contribution >= 0.6 is 0 Å². The molecule has 1 aliphatic carbocycles. The lowest BCUT2D eigenvalue weighted by Gasteiger charge is -2.26. The zero-order valence-electron chi connectivity index (χ0n) is 17.6. The average Bonchev–Trinajstić information content (AvgIpc) is 2.95. The topological polar surface area (TPSA) is 77.6 Å². The Balaban J connectivity index is 1.73. The molecule has 1 aromatic heterocycles. The molecule has 1 aromatic carbocycles. The fourth-order valence-electron chi connectivity index (χ4n) is 4.94. The molecule has 1 aliphatic heterocycles. The molecule has 0 spiro atoms. The summed E-state index contributed by atoms with van der Waals surface area (Å²) in [5.41, 5.74) is 1.02. The second-order valence-electron chi connectivity index (χ2n) is 9.36. The number of nitrogens with zero attached hydrogens (tertiary/aromatic N) is 3. The number of ether oxygens (including phenoxy) is 1. The second-order valence-corrected chi connectivity index (χ2v) is 9.36. The molecule has 0 N–H and O–H groups in total. The third-order valence-corrected chi connectivity index (χ3v) is 7.39. The summed E-state index contributed by atoms with van der Waals surface area (Å²) in [7, 11) is 0. The van der Waals surface area contributed by atoms with Gasteiger partial charge < -0.3 is 9.30 Å². The summed E-state index contributed by atoms with van der Waals surface area (Å²) in [5, 5.41) is 12.2. The molecule has 29 heavy (non-hydrogen) atoms. The van der Waals surface area contributed by atoms with Crippen LogP contribution in [-0.4, -0.2) is 53.0 Å². The zero-order valence-corrected chi connectivity index (χ0v) is 17.6. The Morgan fingerprint density at radius 1 is 1.17 bits per heavy atom. The van der Waals surface area contributed by atoms with Gasteiger partial charge in [0.05, 0.1) is 34.6 Å². The SMILES string of the molecule is CC1(C)C(C(=O)c2cn(CCN3CCOCC3)c3cccc([N+](=O)[O-])c23)C1(C)C. The smallest absolute Gasteiger partial charge is 0.279 e. The molecule has 0 bridgehead atoms. The monoisotopic (exact) mass is 399 g/mol. The van der Waals surface area contributed by atoms with E-state index in [-0.39, 0.29) is 33.1 Å². The first-order valence-corrected chi connectivity index (χ1v) is 10.3. The number of hydrogen-bond donors (Lipinski definition) is 0. The summed E-state index contributed by atoms with van der Waals surface area (Å²) in [6.45, 7) is 13.1. The van der Waals surface area contributed by atoms with E-state index in [1.165, 1.54) is 6.07 Å². The van der Waals surface area contributed by atoms with Crippen molar-refractivity contribution in [2.45, 2.75) is 34.2 Å². The molecular weight excluding hydrogens is 370 g/mol. The predicted molar refractivity (Wildman–Crippen MR) is 111 cm³/mol. The quantitative estimate of drug-likeness (QED) is 0.420. The van der Waals surface area contributed by atoms with E-state index in [2.05, 4.69) is 32.6 Å². The molecular formula is C22H29N3O4. The maximum Gasteiger partial charge on any atom is 0.279 e. The van der Waals surface area contributed by atoms with Gasteiger partial charge in [0.2, 0.25) is 0 Å². The largest absolute Gasteiger partial charge is 0.379 e. The van der Waals surface area contributed by atoms with Gasteiger partial charge in [0.15, 0.2) is 5.78 Å². The van der Waals surface area contributed by atoms with E-state index in [0.29, 0.717) is 17.5 Å². The summed E-state index contributed by atoms with van der Waals surface area (Å²) in [6.07, 6.45) is 1.84. The van der Waals surface area contributed by atoms with E-state index >= 15 is 0 Å². The number of fused-ring (bicyclic) bond motifs is 1. The van der Waals surface area contributed by atoms with Crippen LogP contribution in [0.3, 0.4) is 0 Å². The van der Waals surface area contributed by atoms with Crippen LogP contribution in [0.15, 0.2) is 24.4 Å². The molecule has 7 heteroatoms. The fraction of sp³-hybridized carbons (Fsp3) is 0.591. The van der Waals surface area contributed by atoms with E-state index in [9.17, 15) is 14.9 Å². The second kappa shape index (κ2) is 6.92. The van der Waals surface area contributed by atoms with Crippen LogP contribution in [-0.2, 0) is 11.3 Å². The highest BCUT2D eigenvalue weighted by atomic mass is 16.6. The zero-order chi connectivity index (χ0) is 21.0. The fourth-order valence-corrected chi connectivity index (χ4v) is 4.94. The molecule has 0 unspecified atom stereocenters. The highest BCUT2D eigenvalue weighted by Gasteiger charge is 2.68. The Hall–Kier alpha value is -2.25. The van der Waals surface area contributed by atoms with Crippen molar-refractivity contribution >= 4 is 22.4 Å². The van der Waals surface area contributed by atoms with Crippen molar-refractivity contribution in [3.8, 4) is 0 Å². The molecule has 156 valence electrons. The molecule has 2 aromatic rings. The highest BCUT2D eigenvalue weighted by Crippen LogP contribution is 2.69. The normalized spacial score (nSPS) is 21.4. The van der Waals surface area contributed by atoms with Crippen molar-refractivity contribution in [1.82, 2.24) is 9.47 Å². The Morgan fingerprint density at radius 3 is 2.41 bits per heavy atom. The molecule has 0 radical (unpaired) electrons. The van der Waals surface area contributed by atoms with Gasteiger partial charge in [0.1, 0.15) is 0 Å². The van der Waals surface area contributed by atoms with Crippen molar-refractivity contribution < 1.29 is 14.5 Å². The maximum absolute atomic E-state index is 13.5. The third kappa shape index (κ3) is 3.16. The van der Waals surface area contributed by atoms with Gasteiger partial charge in [-0.3, -0.25) is 19.8 Å². The number of aromatic nitrogens is 1. The van der Waals surface area contributed by atoms with E-state index in [4.69, 9.17) is 4.74 Å². The Kier molecular flexibility index (Phi) is 4.78. The minimum Gasteiger partial charge on any atom is -0.379 e. The van der Waals surface area contributed by atoms with Gasteiger partial charge in [-0.1, -0.05) is 33.8 Å². The van der Waals surface area contributed by atoms with Crippen molar-refractivity contribution in [3.63, 3.8) is 0 Å². The van der Waals surface area contributed by atoms with Gasteiger partial charge in [0, 0.05) is 44.4 Å². The lowest BCUT2D eigenvalue weighted by molar-refractivity contribution is -0.383. The van der Waals surface area contributed by atoms with Crippen molar-refractivity contribution in [1.29, 1.82) is 0 Å². The molecule has 0 atom stereocenters. The van der Waals surface area contributed by atoms with Gasteiger partial charge in [-0.05, 0) is 16.9 Å². The molecule has 7 nitrogen and oxygen atoms in total. The number of rotatable bonds is 6. The molecule has 2 aliphatic rings. The van der Waals surface area contributed by atoms with Crippen LogP contribution in [0.4, 0.5) is 5.69 Å². The number of ketones is 1. The number of nitro benzene ring substituents is 1. The standard InChI is InChI=1S/C22H29N3O4/c1-21(2)20(22(21,3)4)19(26)15-14-24(9-8-23-10-12-29-13-11-23)16-6-5-7-17(18(15)16)25(27)28/h5-7,14,20H,8-13H2,1-4H3. The number of benzene rings is 1. The predicted octanol–water partition coefficient (Wildman–Crippen LogP) is 3.75. The molecule has 1 saturated carbocycles. The van der Waals surface area contributed by atoms with Crippen LogP contribution in [0.5, 0.6) is 0 Å². The number of nitro groups is 1. The first kappa shape index (κ1) is 20.0. The number of non-ortho nitro benzene ring substituents is 1. The third-order valence-electron chi connectivity index (χ3n) is 7.39. The van der Waals surface area contributed by atoms with Gasteiger partial charge >= 0.3 is 0 Å². The lowest BCUT2D eigenvalue weighted by atomic mass is 10.00. The molecule has 0 amide bonds. The molecule has 4 rings (SSSR count).